The molecule has 1 amide bonds. The van der Waals surface area contributed by atoms with Crippen LogP contribution in [0.2, 0.25) is 0 Å². The van der Waals surface area contributed by atoms with Crippen LogP contribution in [0.5, 0.6) is 11.5 Å². The summed E-state index contributed by atoms with van der Waals surface area (Å²) < 4.78 is 11.2. The lowest BCUT2D eigenvalue weighted by molar-refractivity contribution is -0.112. The Morgan fingerprint density at radius 2 is 1.79 bits per heavy atom. The summed E-state index contributed by atoms with van der Waals surface area (Å²) in [6, 6.07) is 14.3. The third kappa shape index (κ3) is 4.73. The van der Waals surface area contributed by atoms with Crippen LogP contribution in [-0.4, -0.2) is 20.1 Å². The molecule has 0 radical (unpaired) electrons. The van der Waals surface area contributed by atoms with E-state index in [1.165, 1.54) is 6.08 Å². The van der Waals surface area contributed by atoms with Crippen molar-refractivity contribution in [3.8, 4) is 17.6 Å². The van der Waals surface area contributed by atoms with Crippen molar-refractivity contribution in [2.24, 2.45) is 0 Å². The zero-order valence-corrected chi connectivity index (χ0v) is 15.3. The van der Waals surface area contributed by atoms with Crippen LogP contribution in [0, 0.1) is 14.9 Å². The van der Waals surface area contributed by atoms with Crippen LogP contribution in [0.25, 0.3) is 6.08 Å². The number of halogens is 1. The Morgan fingerprint density at radius 3 is 2.38 bits per heavy atom. The summed E-state index contributed by atoms with van der Waals surface area (Å²) in [5.74, 6) is 0.886. The first-order chi connectivity index (χ1) is 11.5. The van der Waals surface area contributed by atoms with Crippen molar-refractivity contribution in [2.45, 2.75) is 0 Å². The number of hydrogen-bond donors (Lipinski definition) is 1. The van der Waals surface area contributed by atoms with E-state index in [1.807, 2.05) is 18.2 Å². The third-order valence-corrected chi connectivity index (χ3v) is 3.78. The first kappa shape index (κ1) is 17.8. The molecule has 0 spiro atoms. The SMILES string of the molecule is COc1ccc(NC(=O)/C(C#N)=C/c2cc(I)cc(OC)c2)cc1. The number of nitriles is 1. The summed E-state index contributed by atoms with van der Waals surface area (Å²) in [4.78, 5) is 12.3. The van der Waals surface area contributed by atoms with Gasteiger partial charge in [-0.1, -0.05) is 0 Å². The van der Waals surface area contributed by atoms with Crippen molar-refractivity contribution >= 4 is 40.3 Å². The molecule has 1 N–H and O–H groups in total. The fourth-order valence-electron chi connectivity index (χ4n) is 1.97. The minimum Gasteiger partial charge on any atom is -0.497 e. The number of ether oxygens (including phenoxy) is 2. The van der Waals surface area contributed by atoms with Crippen molar-refractivity contribution in [1.29, 1.82) is 5.26 Å². The maximum Gasteiger partial charge on any atom is 0.266 e. The van der Waals surface area contributed by atoms with E-state index in [-0.39, 0.29) is 5.57 Å². The molecular formula is C18H15IN2O3. The number of benzene rings is 2. The number of nitrogens with zero attached hydrogens (tertiary/aromatic N) is 1. The van der Waals surface area contributed by atoms with E-state index in [4.69, 9.17) is 9.47 Å². The zero-order valence-electron chi connectivity index (χ0n) is 13.2. The van der Waals surface area contributed by atoms with Crippen molar-refractivity contribution in [3.63, 3.8) is 0 Å². The maximum atomic E-state index is 12.3. The molecule has 0 atom stereocenters. The smallest absolute Gasteiger partial charge is 0.266 e. The molecule has 0 aliphatic heterocycles. The van der Waals surface area contributed by atoms with Gasteiger partial charge in [-0.25, -0.2) is 0 Å². The van der Waals surface area contributed by atoms with Gasteiger partial charge in [-0.2, -0.15) is 5.26 Å². The standard InChI is InChI=1S/C18H15IN2O3/c1-23-16-5-3-15(4-6-16)21-18(22)13(11-20)7-12-8-14(19)10-17(9-12)24-2/h3-10H,1-2H3,(H,21,22)/b13-7+. The topological polar surface area (TPSA) is 71.3 Å². The van der Waals surface area contributed by atoms with Gasteiger partial charge in [0, 0.05) is 9.26 Å². The molecule has 0 bridgehead atoms. The van der Waals surface area contributed by atoms with Gasteiger partial charge in [-0.05, 0) is 76.7 Å². The van der Waals surface area contributed by atoms with Crippen LogP contribution in [0.15, 0.2) is 48.0 Å². The molecule has 24 heavy (non-hydrogen) atoms. The Kier molecular flexibility index (Phi) is 6.21. The number of carbonyl (C=O) groups is 1. The third-order valence-electron chi connectivity index (χ3n) is 3.15. The van der Waals surface area contributed by atoms with Crippen LogP contribution < -0.4 is 14.8 Å². The fourth-order valence-corrected chi connectivity index (χ4v) is 2.64. The minimum atomic E-state index is -0.472. The van der Waals surface area contributed by atoms with E-state index in [1.54, 1.807) is 44.6 Å². The second-order valence-corrected chi connectivity index (χ2v) is 6.02. The van der Waals surface area contributed by atoms with Gasteiger partial charge < -0.3 is 14.8 Å². The van der Waals surface area contributed by atoms with Gasteiger partial charge in [-0.15, -0.1) is 0 Å². The fraction of sp³-hybridized carbons (Fsp3) is 0.111. The van der Waals surface area contributed by atoms with Crippen molar-refractivity contribution in [3.05, 3.63) is 57.2 Å². The first-order valence-corrected chi connectivity index (χ1v) is 8.05. The van der Waals surface area contributed by atoms with Gasteiger partial charge in [0.15, 0.2) is 0 Å². The molecule has 6 heteroatoms. The molecule has 0 aliphatic rings. The highest BCUT2D eigenvalue weighted by atomic mass is 127. The predicted octanol–water partition coefficient (Wildman–Crippen LogP) is 3.85. The zero-order chi connectivity index (χ0) is 17.5. The van der Waals surface area contributed by atoms with Crippen LogP contribution in [-0.2, 0) is 4.79 Å². The molecule has 0 saturated carbocycles. The number of amides is 1. The normalized spacial score (nSPS) is 10.7. The Balaban J connectivity index is 2.22. The van der Waals surface area contributed by atoms with Gasteiger partial charge in [0.2, 0.25) is 0 Å². The molecule has 2 aromatic carbocycles. The van der Waals surface area contributed by atoms with E-state index in [0.29, 0.717) is 17.2 Å². The molecule has 0 fully saturated rings. The molecular weight excluding hydrogens is 419 g/mol. The monoisotopic (exact) mass is 434 g/mol. The number of hydrogen-bond acceptors (Lipinski definition) is 4. The molecule has 0 unspecified atom stereocenters. The lowest BCUT2D eigenvalue weighted by Gasteiger charge is -2.06. The molecule has 0 saturated heterocycles. The van der Waals surface area contributed by atoms with Crippen LogP contribution in [0.3, 0.4) is 0 Å². The average Bonchev–Trinajstić information content (AvgIpc) is 2.59. The van der Waals surface area contributed by atoms with E-state index in [9.17, 15) is 10.1 Å². The summed E-state index contributed by atoms with van der Waals surface area (Å²) in [5, 5.41) is 12.0. The average molecular weight is 434 g/mol. The summed E-state index contributed by atoms with van der Waals surface area (Å²) in [5.41, 5.74) is 1.32. The highest BCUT2D eigenvalue weighted by Gasteiger charge is 2.10. The highest BCUT2D eigenvalue weighted by molar-refractivity contribution is 14.1. The van der Waals surface area contributed by atoms with E-state index in [0.717, 1.165) is 9.13 Å². The number of carbonyl (C=O) groups excluding carboxylic acids is 1. The Hall–Kier alpha value is -2.53. The Labute approximate surface area is 154 Å². The second-order valence-electron chi connectivity index (χ2n) is 4.78. The van der Waals surface area contributed by atoms with Crippen LogP contribution in [0.1, 0.15) is 5.56 Å². The van der Waals surface area contributed by atoms with E-state index in [2.05, 4.69) is 27.9 Å². The number of methoxy groups -OCH3 is 2. The molecule has 122 valence electrons. The molecule has 0 aliphatic carbocycles. The van der Waals surface area contributed by atoms with Gasteiger partial charge in [0.1, 0.15) is 23.1 Å². The quantitative estimate of drug-likeness (QED) is 0.441. The highest BCUT2D eigenvalue weighted by Crippen LogP contribution is 2.21. The molecule has 5 nitrogen and oxygen atoms in total. The van der Waals surface area contributed by atoms with Crippen molar-refractivity contribution in [1.82, 2.24) is 0 Å². The maximum absolute atomic E-state index is 12.3. The van der Waals surface area contributed by atoms with Crippen molar-refractivity contribution < 1.29 is 14.3 Å². The largest absolute Gasteiger partial charge is 0.497 e. The summed E-state index contributed by atoms with van der Waals surface area (Å²) in [7, 11) is 3.14. The molecule has 0 aromatic heterocycles. The van der Waals surface area contributed by atoms with Crippen LogP contribution >= 0.6 is 22.6 Å². The lowest BCUT2D eigenvalue weighted by Crippen LogP contribution is -2.13. The van der Waals surface area contributed by atoms with Crippen LogP contribution in [0.4, 0.5) is 5.69 Å². The lowest BCUT2D eigenvalue weighted by atomic mass is 10.1. The summed E-state index contributed by atoms with van der Waals surface area (Å²) in [6.07, 6.45) is 1.53. The molecule has 0 heterocycles. The first-order valence-electron chi connectivity index (χ1n) is 6.97. The van der Waals surface area contributed by atoms with Gasteiger partial charge in [0.25, 0.3) is 5.91 Å². The predicted molar refractivity (Wildman–Crippen MR) is 101 cm³/mol. The minimum absolute atomic E-state index is 0.00914. The summed E-state index contributed by atoms with van der Waals surface area (Å²) >= 11 is 2.15. The van der Waals surface area contributed by atoms with E-state index < -0.39 is 5.91 Å². The van der Waals surface area contributed by atoms with Gasteiger partial charge in [0.05, 0.1) is 14.2 Å². The number of anilines is 1. The van der Waals surface area contributed by atoms with Crippen molar-refractivity contribution in [2.75, 3.05) is 19.5 Å². The second kappa shape index (κ2) is 8.36. The Bertz CT molecular complexity index is 808. The number of rotatable bonds is 5. The summed E-state index contributed by atoms with van der Waals surface area (Å²) in [6.45, 7) is 0. The molecule has 2 rings (SSSR count). The Morgan fingerprint density at radius 1 is 1.12 bits per heavy atom. The van der Waals surface area contributed by atoms with E-state index >= 15 is 0 Å². The number of nitrogens with one attached hydrogen (secondary N) is 1. The van der Waals surface area contributed by atoms with Gasteiger partial charge in [-0.3, -0.25) is 4.79 Å². The molecule has 2 aromatic rings. The van der Waals surface area contributed by atoms with Gasteiger partial charge >= 0.3 is 0 Å².